The predicted molar refractivity (Wildman–Crippen MR) is 75.8 cm³/mol. The van der Waals surface area contributed by atoms with Crippen molar-refractivity contribution in [3.63, 3.8) is 0 Å². The van der Waals surface area contributed by atoms with Crippen molar-refractivity contribution in [2.45, 2.75) is 12.5 Å². The second-order valence-corrected chi connectivity index (χ2v) is 5.46. The van der Waals surface area contributed by atoms with Crippen LogP contribution in [0.4, 0.5) is 4.39 Å². The zero-order valence-electron chi connectivity index (χ0n) is 10.2. The van der Waals surface area contributed by atoms with Crippen LogP contribution in [-0.4, -0.2) is 6.61 Å². The molecule has 0 aliphatic carbocycles. The topological polar surface area (TPSA) is 35.2 Å². The van der Waals surface area contributed by atoms with E-state index in [4.69, 9.17) is 10.5 Å². The molecule has 0 radical (unpaired) electrons. The van der Waals surface area contributed by atoms with Gasteiger partial charge in [0.15, 0.2) is 0 Å². The number of ether oxygens (including phenoxy) is 1. The third-order valence-electron chi connectivity index (χ3n) is 3.37. The first-order valence-electron chi connectivity index (χ1n) is 6.11. The molecule has 0 saturated carbocycles. The first-order valence-corrected chi connectivity index (χ1v) is 6.90. The lowest BCUT2D eigenvalue weighted by molar-refractivity contribution is 0.357. The lowest BCUT2D eigenvalue weighted by Crippen LogP contribution is -2.13. The summed E-state index contributed by atoms with van der Waals surface area (Å²) in [5.74, 6) is 0.646. The van der Waals surface area contributed by atoms with Gasteiger partial charge >= 0.3 is 0 Å². The number of nitrogens with two attached hydrogens (primary N) is 1. The molecule has 0 fully saturated rings. The molecule has 2 N–H and O–H groups in total. The molecule has 2 aromatic carbocycles. The summed E-state index contributed by atoms with van der Waals surface area (Å²) >= 11 is 3.42. The summed E-state index contributed by atoms with van der Waals surface area (Å²) in [6.07, 6.45) is 0.903. The average Bonchev–Trinajstić information content (AvgIpc) is 2.88. The van der Waals surface area contributed by atoms with Crippen molar-refractivity contribution in [1.82, 2.24) is 0 Å². The molecule has 0 spiro atoms. The van der Waals surface area contributed by atoms with Gasteiger partial charge in [-0.1, -0.05) is 28.1 Å². The van der Waals surface area contributed by atoms with Gasteiger partial charge in [0.2, 0.25) is 0 Å². The molecule has 0 amide bonds. The third-order valence-corrected chi connectivity index (χ3v) is 4.09. The fourth-order valence-electron chi connectivity index (χ4n) is 2.33. The van der Waals surface area contributed by atoms with E-state index in [1.165, 1.54) is 17.7 Å². The van der Waals surface area contributed by atoms with Gasteiger partial charge < -0.3 is 10.5 Å². The first-order chi connectivity index (χ1) is 9.15. The molecular weight excluding hydrogens is 309 g/mol. The standard InChI is InChI=1S/C15H13BrFNO/c16-13-3-2-11(17)8-12(13)15(18)10-1-4-14-9(7-10)5-6-19-14/h1-4,7-8,15H,5-6,18H2. The van der Waals surface area contributed by atoms with Crippen LogP contribution in [0.1, 0.15) is 22.7 Å². The normalized spacial score (nSPS) is 14.9. The van der Waals surface area contributed by atoms with Gasteiger partial charge in [0.05, 0.1) is 12.6 Å². The zero-order chi connectivity index (χ0) is 13.4. The van der Waals surface area contributed by atoms with Gasteiger partial charge in [-0.25, -0.2) is 4.39 Å². The summed E-state index contributed by atoms with van der Waals surface area (Å²) in [6.45, 7) is 0.720. The van der Waals surface area contributed by atoms with Crippen molar-refractivity contribution in [1.29, 1.82) is 0 Å². The van der Waals surface area contributed by atoms with Crippen LogP contribution in [0.15, 0.2) is 40.9 Å². The SMILES string of the molecule is NC(c1ccc2c(c1)CCO2)c1cc(F)ccc1Br. The number of hydrogen-bond donors (Lipinski definition) is 1. The third kappa shape index (κ3) is 2.38. The highest BCUT2D eigenvalue weighted by atomic mass is 79.9. The quantitative estimate of drug-likeness (QED) is 0.917. The second kappa shape index (κ2) is 4.94. The Morgan fingerprint density at radius 2 is 2.05 bits per heavy atom. The van der Waals surface area contributed by atoms with Crippen molar-refractivity contribution in [2.75, 3.05) is 6.61 Å². The van der Waals surface area contributed by atoms with E-state index in [0.29, 0.717) is 0 Å². The molecule has 2 nitrogen and oxygen atoms in total. The van der Waals surface area contributed by atoms with Crippen molar-refractivity contribution >= 4 is 15.9 Å². The maximum Gasteiger partial charge on any atom is 0.123 e. The zero-order valence-corrected chi connectivity index (χ0v) is 11.8. The molecule has 0 saturated heterocycles. The van der Waals surface area contributed by atoms with E-state index in [1.54, 1.807) is 6.07 Å². The molecule has 1 atom stereocenters. The molecule has 1 aliphatic rings. The number of rotatable bonds is 2. The molecule has 0 aromatic heterocycles. The summed E-state index contributed by atoms with van der Waals surface area (Å²) in [7, 11) is 0. The number of halogens is 2. The molecule has 98 valence electrons. The van der Waals surface area contributed by atoms with Gasteiger partial charge in [0.1, 0.15) is 11.6 Å². The van der Waals surface area contributed by atoms with Crippen LogP contribution in [0.2, 0.25) is 0 Å². The maximum absolute atomic E-state index is 13.3. The predicted octanol–water partition coefficient (Wildman–Crippen LogP) is 3.57. The van der Waals surface area contributed by atoms with Gasteiger partial charge in [0, 0.05) is 10.9 Å². The van der Waals surface area contributed by atoms with E-state index < -0.39 is 0 Å². The number of benzene rings is 2. The Balaban J connectivity index is 1.99. The summed E-state index contributed by atoms with van der Waals surface area (Å²) < 4.78 is 19.6. The highest BCUT2D eigenvalue weighted by Gasteiger charge is 2.17. The Hall–Kier alpha value is -1.39. The molecule has 2 aromatic rings. The Kier molecular flexibility index (Phi) is 3.29. The number of hydrogen-bond acceptors (Lipinski definition) is 2. The molecule has 1 aliphatic heterocycles. The molecule has 4 heteroatoms. The fourth-order valence-corrected chi connectivity index (χ4v) is 2.83. The number of fused-ring (bicyclic) bond motifs is 1. The summed E-state index contributed by atoms with van der Waals surface area (Å²) in [5.41, 5.74) is 9.13. The van der Waals surface area contributed by atoms with E-state index in [2.05, 4.69) is 15.9 Å². The molecule has 1 heterocycles. The van der Waals surface area contributed by atoms with E-state index in [9.17, 15) is 4.39 Å². The van der Waals surface area contributed by atoms with Crippen molar-refractivity contribution in [2.24, 2.45) is 5.73 Å². The van der Waals surface area contributed by atoms with Gasteiger partial charge in [-0.15, -0.1) is 0 Å². The van der Waals surface area contributed by atoms with Gasteiger partial charge in [0.25, 0.3) is 0 Å². The van der Waals surface area contributed by atoms with Crippen molar-refractivity contribution < 1.29 is 9.13 Å². The average molecular weight is 322 g/mol. The second-order valence-electron chi connectivity index (χ2n) is 4.61. The first kappa shape index (κ1) is 12.6. The van der Waals surface area contributed by atoms with E-state index >= 15 is 0 Å². The highest BCUT2D eigenvalue weighted by molar-refractivity contribution is 9.10. The molecule has 3 rings (SSSR count). The summed E-state index contributed by atoms with van der Waals surface area (Å²) in [4.78, 5) is 0. The van der Waals surface area contributed by atoms with Crippen LogP contribution < -0.4 is 10.5 Å². The van der Waals surface area contributed by atoms with E-state index in [0.717, 1.165) is 34.4 Å². The van der Waals surface area contributed by atoms with Crippen LogP contribution >= 0.6 is 15.9 Å². The monoisotopic (exact) mass is 321 g/mol. The lowest BCUT2D eigenvalue weighted by Gasteiger charge is -2.15. The van der Waals surface area contributed by atoms with Crippen molar-refractivity contribution in [3.8, 4) is 5.75 Å². The van der Waals surface area contributed by atoms with Gasteiger partial charge in [-0.3, -0.25) is 0 Å². The smallest absolute Gasteiger partial charge is 0.123 e. The minimum atomic E-state index is -0.351. The Morgan fingerprint density at radius 3 is 2.89 bits per heavy atom. The molecule has 1 unspecified atom stereocenters. The molecule has 0 bridgehead atoms. The Labute approximate surface area is 119 Å². The van der Waals surface area contributed by atoms with E-state index in [1.807, 2.05) is 18.2 Å². The molecular formula is C15H13BrFNO. The van der Waals surface area contributed by atoms with Crippen LogP contribution in [0.3, 0.4) is 0 Å². The Bertz CT molecular complexity index is 630. The minimum absolute atomic E-state index is 0.279. The van der Waals surface area contributed by atoms with E-state index in [-0.39, 0.29) is 11.9 Å². The van der Waals surface area contributed by atoms with Crippen LogP contribution in [0, 0.1) is 5.82 Å². The van der Waals surface area contributed by atoms with Gasteiger partial charge in [-0.05, 0) is 41.0 Å². The largest absolute Gasteiger partial charge is 0.493 e. The highest BCUT2D eigenvalue weighted by Crippen LogP contribution is 2.32. The Morgan fingerprint density at radius 1 is 1.21 bits per heavy atom. The lowest BCUT2D eigenvalue weighted by atomic mass is 9.97. The van der Waals surface area contributed by atoms with Crippen LogP contribution in [0.5, 0.6) is 5.75 Å². The van der Waals surface area contributed by atoms with Crippen LogP contribution in [0.25, 0.3) is 0 Å². The summed E-state index contributed by atoms with van der Waals surface area (Å²) in [6, 6.07) is 10.1. The summed E-state index contributed by atoms with van der Waals surface area (Å²) in [5, 5.41) is 0. The maximum atomic E-state index is 13.3. The van der Waals surface area contributed by atoms with Crippen LogP contribution in [-0.2, 0) is 6.42 Å². The minimum Gasteiger partial charge on any atom is -0.493 e. The fraction of sp³-hybridized carbons (Fsp3) is 0.200. The van der Waals surface area contributed by atoms with Gasteiger partial charge in [-0.2, -0.15) is 0 Å². The molecule has 19 heavy (non-hydrogen) atoms. The van der Waals surface area contributed by atoms with Crippen molar-refractivity contribution in [3.05, 3.63) is 63.4 Å².